The Kier molecular flexibility index (Phi) is 2.70. The van der Waals surface area contributed by atoms with Crippen LogP contribution >= 0.6 is 0 Å². The predicted octanol–water partition coefficient (Wildman–Crippen LogP) is 3.12. The molecule has 1 aromatic carbocycles. The molecule has 1 unspecified atom stereocenters. The molecule has 1 aliphatic carbocycles. The quantitative estimate of drug-likeness (QED) is 0.818. The minimum atomic E-state index is 0.339. The zero-order valence-corrected chi connectivity index (χ0v) is 11.5. The van der Waals surface area contributed by atoms with Crippen molar-refractivity contribution in [3.63, 3.8) is 0 Å². The Balaban J connectivity index is 2.25. The Morgan fingerprint density at radius 2 is 2.11 bits per heavy atom. The van der Waals surface area contributed by atoms with E-state index in [0.717, 1.165) is 19.3 Å². The molecule has 0 radical (unpaired) electrons. The Labute approximate surface area is 109 Å². The zero-order valence-electron chi connectivity index (χ0n) is 11.5. The Morgan fingerprint density at radius 3 is 2.83 bits per heavy atom. The highest BCUT2D eigenvalue weighted by atomic mass is 15.0. The number of nitrogens with two attached hydrogens (primary N) is 1. The van der Waals surface area contributed by atoms with Crippen molar-refractivity contribution in [2.45, 2.75) is 45.1 Å². The van der Waals surface area contributed by atoms with Crippen molar-refractivity contribution in [3.05, 3.63) is 35.0 Å². The van der Waals surface area contributed by atoms with Gasteiger partial charge >= 0.3 is 0 Å². The molecular formula is C16H22N2. The highest BCUT2D eigenvalue weighted by molar-refractivity contribution is 5.86. The van der Waals surface area contributed by atoms with Gasteiger partial charge in [-0.3, -0.25) is 0 Å². The molecule has 0 saturated carbocycles. The van der Waals surface area contributed by atoms with E-state index in [2.05, 4.69) is 43.7 Å². The smallest absolute Gasteiger partial charge is 0.0482 e. The summed E-state index contributed by atoms with van der Waals surface area (Å²) in [5.41, 5.74) is 11.9. The SMILES string of the molecule is CC(C)c1ccc2c(c1)c1c(n2C)CCC(N)C1. The first-order valence-electron chi connectivity index (χ1n) is 6.93. The Bertz CT molecular complexity index is 593. The van der Waals surface area contributed by atoms with Gasteiger partial charge in [0, 0.05) is 29.7 Å². The number of aromatic nitrogens is 1. The molecule has 2 N–H and O–H groups in total. The average molecular weight is 242 g/mol. The molecule has 0 spiro atoms. The van der Waals surface area contributed by atoms with E-state index in [0.29, 0.717) is 12.0 Å². The molecule has 0 saturated heterocycles. The largest absolute Gasteiger partial charge is 0.347 e. The number of nitrogens with zero attached hydrogens (tertiary/aromatic N) is 1. The van der Waals surface area contributed by atoms with Gasteiger partial charge in [0.1, 0.15) is 0 Å². The van der Waals surface area contributed by atoms with Crippen LogP contribution in [0.3, 0.4) is 0 Å². The average Bonchev–Trinajstić information content (AvgIpc) is 2.62. The molecule has 0 bridgehead atoms. The summed E-state index contributed by atoms with van der Waals surface area (Å²) >= 11 is 0. The van der Waals surface area contributed by atoms with E-state index in [9.17, 15) is 0 Å². The molecular weight excluding hydrogens is 220 g/mol. The van der Waals surface area contributed by atoms with E-state index >= 15 is 0 Å². The third-order valence-electron chi connectivity index (χ3n) is 4.35. The summed E-state index contributed by atoms with van der Waals surface area (Å²) < 4.78 is 2.36. The number of hydrogen-bond acceptors (Lipinski definition) is 1. The lowest BCUT2D eigenvalue weighted by molar-refractivity contribution is 0.562. The first-order chi connectivity index (χ1) is 8.58. The Hall–Kier alpha value is -1.28. The molecule has 1 heterocycles. The second-order valence-electron chi connectivity index (χ2n) is 5.92. The first-order valence-corrected chi connectivity index (χ1v) is 6.93. The molecule has 0 fully saturated rings. The van der Waals surface area contributed by atoms with Crippen LogP contribution in [-0.4, -0.2) is 10.6 Å². The standard InChI is InChI=1S/C16H22N2/c1-10(2)11-4-6-15-13(8-11)14-9-12(17)5-7-16(14)18(15)3/h4,6,8,10,12H,5,7,9,17H2,1-3H3. The highest BCUT2D eigenvalue weighted by Crippen LogP contribution is 2.32. The van der Waals surface area contributed by atoms with Crippen LogP contribution in [0.5, 0.6) is 0 Å². The summed E-state index contributed by atoms with van der Waals surface area (Å²) in [6.45, 7) is 4.50. The van der Waals surface area contributed by atoms with Crippen LogP contribution in [-0.2, 0) is 19.9 Å². The number of rotatable bonds is 1. The lowest BCUT2D eigenvalue weighted by atomic mass is 9.91. The first kappa shape index (κ1) is 11.8. The van der Waals surface area contributed by atoms with Crippen LogP contribution in [0, 0.1) is 0 Å². The van der Waals surface area contributed by atoms with Crippen LogP contribution in [0.2, 0.25) is 0 Å². The molecule has 0 amide bonds. The summed E-state index contributed by atoms with van der Waals surface area (Å²) in [5.74, 6) is 0.586. The molecule has 96 valence electrons. The van der Waals surface area contributed by atoms with Gasteiger partial charge in [-0.1, -0.05) is 19.9 Å². The molecule has 3 rings (SSSR count). The van der Waals surface area contributed by atoms with E-state index in [1.807, 2.05) is 0 Å². The molecule has 0 aliphatic heterocycles. The zero-order chi connectivity index (χ0) is 12.9. The molecule has 1 aromatic heterocycles. The van der Waals surface area contributed by atoms with Crippen LogP contribution in [0.4, 0.5) is 0 Å². The summed E-state index contributed by atoms with van der Waals surface area (Å²) in [5, 5.41) is 1.42. The Morgan fingerprint density at radius 1 is 1.33 bits per heavy atom. The van der Waals surface area contributed by atoms with Gasteiger partial charge in [0.05, 0.1) is 0 Å². The molecule has 1 atom stereocenters. The van der Waals surface area contributed by atoms with Gasteiger partial charge in [0.15, 0.2) is 0 Å². The van der Waals surface area contributed by atoms with E-state index in [1.54, 1.807) is 0 Å². The molecule has 18 heavy (non-hydrogen) atoms. The summed E-state index contributed by atoms with van der Waals surface area (Å²) in [4.78, 5) is 0. The van der Waals surface area contributed by atoms with E-state index in [4.69, 9.17) is 5.73 Å². The monoisotopic (exact) mass is 242 g/mol. The maximum absolute atomic E-state index is 6.14. The topological polar surface area (TPSA) is 30.9 Å². The van der Waals surface area contributed by atoms with Crippen molar-refractivity contribution in [3.8, 4) is 0 Å². The lowest BCUT2D eigenvalue weighted by Gasteiger charge is -2.19. The van der Waals surface area contributed by atoms with Crippen LogP contribution in [0.25, 0.3) is 10.9 Å². The fraction of sp³-hybridized carbons (Fsp3) is 0.500. The van der Waals surface area contributed by atoms with Crippen LogP contribution in [0.1, 0.15) is 43.0 Å². The van der Waals surface area contributed by atoms with Crippen LogP contribution in [0.15, 0.2) is 18.2 Å². The second kappa shape index (κ2) is 4.13. The van der Waals surface area contributed by atoms with Crippen molar-refractivity contribution in [1.29, 1.82) is 0 Å². The molecule has 2 aromatic rings. The summed E-state index contributed by atoms with van der Waals surface area (Å²) in [7, 11) is 2.19. The van der Waals surface area contributed by atoms with E-state index < -0.39 is 0 Å². The van der Waals surface area contributed by atoms with E-state index in [-0.39, 0.29) is 0 Å². The van der Waals surface area contributed by atoms with Gasteiger partial charge in [0.2, 0.25) is 0 Å². The van der Waals surface area contributed by atoms with Crippen LogP contribution < -0.4 is 5.73 Å². The lowest BCUT2D eigenvalue weighted by Crippen LogP contribution is -2.28. The summed E-state index contributed by atoms with van der Waals surface area (Å²) in [6, 6.07) is 7.25. The highest BCUT2D eigenvalue weighted by Gasteiger charge is 2.22. The fourth-order valence-electron chi connectivity index (χ4n) is 3.18. The molecule has 2 heteroatoms. The third kappa shape index (κ3) is 1.67. The van der Waals surface area contributed by atoms with Crippen molar-refractivity contribution in [2.75, 3.05) is 0 Å². The number of fused-ring (bicyclic) bond motifs is 3. The van der Waals surface area contributed by atoms with Gasteiger partial charge < -0.3 is 10.3 Å². The van der Waals surface area contributed by atoms with Gasteiger partial charge in [-0.2, -0.15) is 0 Å². The molecule has 1 aliphatic rings. The fourth-order valence-corrected chi connectivity index (χ4v) is 3.18. The minimum absolute atomic E-state index is 0.339. The number of aryl methyl sites for hydroxylation is 1. The van der Waals surface area contributed by atoms with E-state index in [1.165, 1.54) is 27.7 Å². The maximum atomic E-state index is 6.14. The normalized spacial score (nSPS) is 19.5. The third-order valence-corrected chi connectivity index (χ3v) is 4.35. The van der Waals surface area contributed by atoms with Crippen molar-refractivity contribution in [1.82, 2.24) is 4.57 Å². The van der Waals surface area contributed by atoms with Gasteiger partial charge in [-0.05, 0) is 48.4 Å². The maximum Gasteiger partial charge on any atom is 0.0482 e. The van der Waals surface area contributed by atoms with Gasteiger partial charge in [-0.25, -0.2) is 0 Å². The van der Waals surface area contributed by atoms with Crippen molar-refractivity contribution >= 4 is 10.9 Å². The predicted molar refractivity (Wildman–Crippen MR) is 77.0 cm³/mol. The molecule has 2 nitrogen and oxygen atoms in total. The van der Waals surface area contributed by atoms with Gasteiger partial charge in [0.25, 0.3) is 0 Å². The second-order valence-corrected chi connectivity index (χ2v) is 5.92. The number of hydrogen-bond donors (Lipinski definition) is 1. The van der Waals surface area contributed by atoms with Crippen molar-refractivity contribution in [2.24, 2.45) is 12.8 Å². The number of benzene rings is 1. The summed E-state index contributed by atoms with van der Waals surface area (Å²) in [6.07, 6.45) is 3.28. The van der Waals surface area contributed by atoms with Gasteiger partial charge in [-0.15, -0.1) is 0 Å². The minimum Gasteiger partial charge on any atom is -0.347 e. The van der Waals surface area contributed by atoms with Crippen molar-refractivity contribution < 1.29 is 0 Å².